The summed E-state index contributed by atoms with van der Waals surface area (Å²) in [7, 11) is 0. The van der Waals surface area contributed by atoms with E-state index in [2.05, 4.69) is 9.55 Å². The minimum absolute atomic E-state index is 0.000602. The van der Waals surface area contributed by atoms with Gasteiger partial charge in [-0.15, -0.1) is 0 Å². The molecule has 1 atom stereocenters. The van der Waals surface area contributed by atoms with Gasteiger partial charge in [-0.2, -0.15) is 0 Å². The molecule has 0 aromatic carbocycles. The molecule has 1 aromatic rings. The Bertz CT molecular complexity index is 382. The van der Waals surface area contributed by atoms with Gasteiger partial charge in [0.1, 0.15) is 5.82 Å². The second-order valence-corrected chi connectivity index (χ2v) is 5.16. The summed E-state index contributed by atoms with van der Waals surface area (Å²) in [6.07, 6.45) is 4.66. The SMILES string of the molecule is Cc1nc2c(n1CC(C)(N)CO)CCCC2. The van der Waals surface area contributed by atoms with E-state index < -0.39 is 5.54 Å². The Kier molecular flexibility index (Phi) is 3.04. The highest BCUT2D eigenvalue weighted by atomic mass is 16.3. The first-order valence-electron chi connectivity index (χ1n) is 5.98. The Morgan fingerprint density at radius 1 is 1.44 bits per heavy atom. The third-order valence-corrected chi connectivity index (χ3v) is 3.30. The standard InChI is InChI=1S/C12H21N3O/c1-9-14-10-5-3-4-6-11(10)15(9)7-12(2,13)8-16/h16H,3-8,13H2,1-2H3. The Morgan fingerprint density at radius 3 is 2.81 bits per heavy atom. The van der Waals surface area contributed by atoms with Crippen molar-refractivity contribution in [3.8, 4) is 0 Å². The molecule has 4 nitrogen and oxygen atoms in total. The van der Waals surface area contributed by atoms with Crippen molar-refractivity contribution in [3.63, 3.8) is 0 Å². The average molecular weight is 223 g/mol. The Labute approximate surface area is 96.5 Å². The second kappa shape index (κ2) is 4.18. The summed E-state index contributed by atoms with van der Waals surface area (Å²) < 4.78 is 2.19. The highest BCUT2D eigenvalue weighted by molar-refractivity contribution is 5.20. The third-order valence-electron chi connectivity index (χ3n) is 3.30. The average Bonchev–Trinajstić information content (AvgIpc) is 2.56. The monoisotopic (exact) mass is 223 g/mol. The number of rotatable bonds is 3. The van der Waals surface area contributed by atoms with Crippen LogP contribution >= 0.6 is 0 Å². The molecule has 3 N–H and O–H groups in total. The second-order valence-electron chi connectivity index (χ2n) is 5.16. The van der Waals surface area contributed by atoms with Crippen LogP contribution in [0.15, 0.2) is 0 Å². The van der Waals surface area contributed by atoms with Crippen molar-refractivity contribution in [3.05, 3.63) is 17.2 Å². The normalized spacial score (nSPS) is 19.2. The smallest absolute Gasteiger partial charge is 0.106 e. The largest absolute Gasteiger partial charge is 0.394 e. The lowest BCUT2D eigenvalue weighted by molar-refractivity contribution is 0.190. The number of fused-ring (bicyclic) bond motifs is 1. The molecular weight excluding hydrogens is 202 g/mol. The molecule has 0 fully saturated rings. The number of aromatic nitrogens is 2. The molecular formula is C12H21N3O. The molecule has 0 spiro atoms. The fourth-order valence-corrected chi connectivity index (χ4v) is 2.36. The van der Waals surface area contributed by atoms with Crippen LogP contribution in [-0.4, -0.2) is 26.8 Å². The summed E-state index contributed by atoms with van der Waals surface area (Å²) in [5.74, 6) is 1.03. The van der Waals surface area contributed by atoms with Crippen molar-refractivity contribution in [1.82, 2.24) is 9.55 Å². The lowest BCUT2D eigenvalue weighted by atomic mass is 10.00. The number of hydrogen-bond donors (Lipinski definition) is 2. The van der Waals surface area contributed by atoms with Crippen molar-refractivity contribution in [2.75, 3.05) is 6.61 Å². The third kappa shape index (κ3) is 2.13. The molecule has 0 radical (unpaired) electrons. The zero-order valence-electron chi connectivity index (χ0n) is 10.2. The molecule has 16 heavy (non-hydrogen) atoms. The van der Waals surface area contributed by atoms with E-state index in [0.29, 0.717) is 6.54 Å². The predicted octanol–water partition coefficient (Wildman–Crippen LogP) is 0.780. The summed E-state index contributed by atoms with van der Waals surface area (Å²) in [6, 6.07) is 0. The Morgan fingerprint density at radius 2 is 2.12 bits per heavy atom. The zero-order chi connectivity index (χ0) is 11.8. The van der Waals surface area contributed by atoms with E-state index in [1.54, 1.807) is 0 Å². The van der Waals surface area contributed by atoms with Crippen LogP contribution in [0.2, 0.25) is 0 Å². The quantitative estimate of drug-likeness (QED) is 0.796. The minimum atomic E-state index is -0.559. The fourth-order valence-electron chi connectivity index (χ4n) is 2.36. The predicted molar refractivity (Wildman–Crippen MR) is 63.3 cm³/mol. The topological polar surface area (TPSA) is 64.1 Å². The van der Waals surface area contributed by atoms with E-state index in [0.717, 1.165) is 18.7 Å². The van der Waals surface area contributed by atoms with E-state index in [1.165, 1.54) is 24.2 Å². The van der Waals surface area contributed by atoms with Gasteiger partial charge in [0.15, 0.2) is 0 Å². The molecule has 1 unspecified atom stereocenters. The number of aryl methyl sites for hydroxylation is 2. The maximum atomic E-state index is 9.23. The van der Waals surface area contributed by atoms with Crippen LogP contribution in [0.4, 0.5) is 0 Å². The van der Waals surface area contributed by atoms with Gasteiger partial charge in [0, 0.05) is 12.2 Å². The molecule has 1 aromatic heterocycles. The zero-order valence-corrected chi connectivity index (χ0v) is 10.2. The maximum Gasteiger partial charge on any atom is 0.106 e. The van der Waals surface area contributed by atoms with Gasteiger partial charge >= 0.3 is 0 Å². The van der Waals surface area contributed by atoms with Crippen LogP contribution in [0.25, 0.3) is 0 Å². The van der Waals surface area contributed by atoms with Gasteiger partial charge in [-0.25, -0.2) is 4.98 Å². The number of nitrogens with zero attached hydrogens (tertiary/aromatic N) is 2. The molecule has 1 heterocycles. The van der Waals surface area contributed by atoms with Gasteiger partial charge in [-0.3, -0.25) is 0 Å². The van der Waals surface area contributed by atoms with Crippen molar-refractivity contribution in [2.24, 2.45) is 5.73 Å². The van der Waals surface area contributed by atoms with Gasteiger partial charge < -0.3 is 15.4 Å². The highest BCUT2D eigenvalue weighted by Crippen LogP contribution is 2.23. The molecule has 0 saturated carbocycles. The molecule has 0 aliphatic heterocycles. The number of imidazole rings is 1. The fraction of sp³-hybridized carbons (Fsp3) is 0.750. The first kappa shape index (κ1) is 11.6. The van der Waals surface area contributed by atoms with Crippen LogP contribution in [0.1, 0.15) is 37.0 Å². The molecule has 0 amide bonds. The number of aliphatic hydroxyl groups is 1. The van der Waals surface area contributed by atoms with Gasteiger partial charge in [-0.05, 0) is 39.5 Å². The van der Waals surface area contributed by atoms with Gasteiger partial charge in [0.25, 0.3) is 0 Å². The van der Waals surface area contributed by atoms with Crippen LogP contribution in [-0.2, 0) is 19.4 Å². The van der Waals surface area contributed by atoms with Crippen LogP contribution < -0.4 is 5.73 Å². The van der Waals surface area contributed by atoms with E-state index in [1.807, 2.05) is 13.8 Å². The van der Waals surface area contributed by atoms with E-state index >= 15 is 0 Å². The van der Waals surface area contributed by atoms with Gasteiger partial charge in [0.2, 0.25) is 0 Å². The summed E-state index contributed by atoms with van der Waals surface area (Å²) >= 11 is 0. The van der Waals surface area contributed by atoms with Gasteiger partial charge in [-0.1, -0.05) is 0 Å². The number of aliphatic hydroxyl groups excluding tert-OH is 1. The summed E-state index contributed by atoms with van der Waals surface area (Å²) in [4.78, 5) is 4.60. The summed E-state index contributed by atoms with van der Waals surface area (Å²) in [5.41, 5.74) is 8.01. The van der Waals surface area contributed by atoms with E-state index in [-0.39, 0.29) is 6.61 Å². The Balaban J connectivity index is 2.30. The molecule has 0 bridgehead atoms. The lowest BCUT2D eigenvalue weighted by Crippen LogP contribution is -2.45. The molecule has 0 saturated heterocycles. The highest BCUT2D eigenvalue weighted by Gasteiger charge is 2.24. The molecule has 2 rings (SSSR count). The summed E-state index contributed by atoms with van der Waals surface area (Å²) in [6.45, 7) is 4.55. The summed E-state index contributed by atoms with van der Waals surface area (Å²) in [5, 5.41) is 9.23. The molecule has 1 aliphatic carbocycles. The van der Waals surface area contributed by atoms with E-state index in [4.69, 9.17) is 5.73 Å². The lowest BCUT2D eigenvalue weighted by Gasteiger charge is -2.25. The van der Waals surface area contributed by atoms with Crippen LogP contribution in [0.5, 0.6) is 0 Å². The molecule has 1 aliphatic rings. The van der Waals surface area contributed by atoms with Crippen LogP contribution in [0.3, 0.4) is 0 Å². The van der Waals surface area contributed by atoms with E-state index in [9.17, 15) is 5.11 Å². The van der Waals surface area contributed by atoms with Crippen molar-refractivity contribution in [2.45, 2.75) is 51.6 Å². The van der Waals surface area contributed by atoms with Crippen molar-refractivity contribution < 1.29 is 5.11 Å². The van der Waals surface area contributed by atoms with Crippen molar-refractivity contribution >= 4 is 0 Å². The molecule has 4 heteroatoms. The van der Waals surface area contributed by atoms with Crippen molar-refractivity contribution in [1.29, 1.82) is 0 Å². The van der Waals surface area contributed by atoms with Crippen LogP contribution in [0, 0.1) is 6.92 Å². The first-order chi connectivity index (χ1) is 7.53. The number of hydrogen-bond acceptors (Lipinski definition) is 3. The molecule has 90 valence electrons. The maximum absolute atomic E-state index is 9.23. The Hall–Kier alpha value is -0.870. The first-order valence-corrected chi connectivity index (χ1v) is 5.98. The minimum Gasteiger partial charge on any atom is -0.394 e. The number of nitrogens with two attached hydrogens (primary N) is 1. The van der Waals surface area contributed by atoms with Gasteiger partial charge in [0.05, 0.1) is 17.8 Å².